The van der Waals surface area contributed by atoms with Crippen LogP contribution in [0.5, 0.6) is 0 Å². The fourth-order valence-electron chi connectivity index (χ4n) is 1.32. The Balaban J connectivity index is 2.97. The summed E-state index contributed by atoms with van der Waals surface area (Å²) < 4.78 is 37.3. The lowest BCUT2D eigenvalue weighted by Gasteiger charge is -2.16. The summed E-state index contributed by atoms with van der Waals surface area (Å²) in [4.78, 5) is 6.56. The Hall–Kier alpha value is -1.04. The van der Waals surface area contributed by atoms with Gasteiger partial charge in [0.2, 0.25) is 5.82 Å². The van der Waals surface area contributed by atoms with Gasteiger partial charge in [-0.1, -0.05) is 25.4 Å². The van der Waals surface area contributed by atoms with Crippen molar-refractivity contribution in [3.8, 4) is 0 Å². The van der Waals surface area contributed by atoms with Crippen LogP contribution in [0.25, 0.3) is 0 Å². The van der Waals surface area contributed by atoms with E-state index < -0.39 is 12.0 Å². The van der Waals surface area contributed by atoms with Crippen molar-refractivity contribution < 1.29 is 13.2 Å². The van der Waals surface area contributed by atoms with Crippen LogP contribution >= 0.6 is 11.6 Å². The van der Waals surface area contributed by atoms with Crippen LogP contribution in [0.3, 0.4) is 0 Å². The first kappa shape index (κ1) is 14.0. The summed E-state index contributed by atoms with van der Waals surface area (Å²) in [5, 5.41) is 2.67. The lowest BCUT2D eigenvalue weighted by atomic mass is 10.2. The van der Waals surface area contributed by atoms with Gasteiger partial charge in [-0.25, -0.2) is 9.97 Å². The van der Waals surface area contributed by atoms with E-state index in [9.17, 15) is 13.2 Å². The van der Waals surface area contributed by atoms with Gasteiger partial charge in [0, 0.05) is 12.1 Å². The molecule has 0 aliphatic carbocycles. The van der Waals surface area contributed by atoms with Gasteiger partial charge in [-0.3, -0.25) is 0 Å². The van der Waals surface area contributed by atoms with Crippen LogP contribution in [0.15, 0.2) is 6.07 Å². The minimum atomic E-state index is -4.59. The van der Waals surface area contributed by atoms with Crippen LogP contribution in [0.4, 0.5) is 19.0 Å². The van der Waals surface area contributed by atoms with Crippen molar-refractivity contribution in [3.63, 3.8) is 0 Å². The van der Waals surface area contributed by atoms with Crippen molar-refractivity contribution in [2.75, 3.05) is 5.32 Å². The first-order valence-electron chi connectivity index (χ1n) is 5.25. The second-order valence-corrected chi connectivity index (χ2v) is 3.94. The van der Waals surface area contributed by atoms with Gasteiger partial charge in [0.05, 0.1) is 0 Å². The van der Waals surface area contributed by atoms with E-state index in [0.717, 1.165) is 12.8 Å². The highest BCUT2D eigenvalue weighted by molar-refractivity contribution is 6.29. The number of aromatic nitrogens is 2. The Morgan fingerprint density at radius 2 is 1.88 bits per heavy atom. The highest BCUT2D eigenvalue weighted by Crippen LogP contribution is 2.28. The maximum absolute atomic E-state index is 12.4. The smallest absolute Gasteiger partial charge is 0.367 e. The van der Waals surface area contributed by atoms with Crippen molar-refractivity contribution in [2.24, 2.45) is 0 Å². The number of anilines is 1. The monoisotopic (exact) mass is 267 g/mol. The maximum Gasteiger partial charge on any atom is 0.451 e. The van der Waals surface area contributed by atoms with Crippen LogP contribution in [-0.4, -0.2) is 16.0 Å². The Kier molecular flexibility index (Phi) is 4.56. The molecule has 0 atom stereocenters. The Labute approximate surface area is 102 Å². The van der Waals surface area contributed by atoms with Gasteiger partial charge in [-0.15, -0.1) is 0 Å². The van der Waals surface area contributed by atoms with E-state index in [4.69, 9.17) is 11.6 Å². The molecule has 0 radical (unpaired) electrons. The molecule has 0 fully saturated rings. The largest absolute Gasteiger partial charge is 0.451 e. The molecular weight excluding hydrogens is 255 g/mol. The predicted molar refractivity (Wildman–Crippen MR) is 60.0 cm³/mol. The zero-order valence-corrected chi connectivity index (χ0v) is 10.2. The highest BCUT2D eigenvalue weighted by Gasteiger charge is 2.35. The molecule has 1 heterocycles. The van der Waals surface area contributed by atoms with Crippen molar-refractivity contribution >= 4 is 17.4 Å². The average Bonchev–Trinajstić information content (AvgIpc) is 2.24. The molecule has 0 aliphatic rings. The van der Waals surface area contributed by atoms with Crippen molar-refractivity contribution in [3.05, 3.63) is 17.0 Å². The summed E-state index contributed by atoms with van der Waals surface area (Å²) in [6, 6.07) is 1.36. The number of nitrogens with zero attached hydrogens (tertiary/aromatic N) is 2. The van der Waals surface area contributed by atoms with Gasteiger partial charge < -0.3 is 5.32 Å². The number of hydrogen-bond donors (Lipinski definition) is 1. The number of rotatable bonds is 4. The number of alkyl halides is 3. The van der Waals surface area contributed by atoms with Crippen LogP contribution < -0.4 is 5.32 Å². The zero-order chi connectivity index (χ0) is 13.1. The minimum absolute atomic E-state index is 0.0713. The highest BCUT2D eigenvalue weighted by atomic mass is 35.5. The SMILES string of the molecule is CCC(CC)Nc1cc(Cl)nc(C(F)(F)F)n1. The van der Waals surface area contributed by atoms with Gasteiger partial charge in [0.15, 0.2) is 0 Å². The summed E-state index contributed by atoms with van der Waals surface area (Å²) >= 11 is 5.53. The van der Waals surface area contributed by atoms with Crippen LogP contribution in [0.1, 0.15) is 32.5 Å². The number of hydrogen-bond acceptors (Lipinski definition) is 3. The molecule has 0 spiro atoms. The molecule has 3 nitrogen and oxygen atoms in total. The predicted octanol–water partition coefficient (Wildman–Crippen LogP) is 3.75. The summed E-state index contributed by atoms with van der Waals surface area (Å²) in [6.45, 7) is 3.88. The summed E-state index contributed by atoms with van der Waals surface area (Å²) in [7, 11) is 0. The van der Waals surface area contributed by atoms with E-state index in [2.05, 4.69) is 15.3 Å². The van der Waals surface area contributed by atoms with E-state index in [-0.39, 0.29) is 17.0 Å². The molecule has 17 heavy (non-hydrogen) atoms. The lowest BCUT2D eigenvalue weighted by molar-refractivity contribution is -0.144. The van der Waals surface area contributed by atoms with Gasteiger partial charge in [0.1, 0.15) is 11.0 Å². The molecule has 1 N–H and O–H groups in total. The molecule has 0 unspecified atom stereocenters. The normalized spacial score (nSPS) is 11.9. The quantitative estimate of drug-likeness (QED) is 0.845. The molecule has 1 aromatic rings. The van der Waals surface area contributed by atoms with Gasteiger partial charge in [0.25, 0.3) is 0 Å². The van der Waals surface area contributed by atoms with Gasteiger partial charge in [-0.2, -0.15) is 13.2 Å². The van der Waals surface area contributed by atoms with Crippen LogP contribution in [0.2, 0.25) is 5.15 Å². The fraction of sp³-hybridized carbons (Fsp3) is 0.600. The molecule has 0 bridgehead atoms. The van der Waals surface area contributed by atoms with Crippen molar-refractivity contribution in [2.45, 2.75) is 38.9 Å². The van der Waals surface area contributed by atoms with E-state index >= 15 is 0 Å². The third-order valence-electron chi connectivity index (χ3n) is 2.29. The molecule has 0 aliphatic heterocycles. The molecule has 0 saturated heterocycles. The topological polar surface area (TPSA) is 37.8 Å². The molecule has 96 valence electrons. The van der Waals surface area contributed by atoms with Crippen molar-refractivity contribution in [1.29, 1.82) is 0 Å². The average molecular weight is 268 g/mol. The first-order valence-corrected chi connectivity index (χ1v) is 5.63. The molecule has 0 saturated carbocycles. The molecule has 0 amide bonds. The van der Waals surface area contributed by atoms with Gasteiger partial charge >= 0.3 is 6.18 Å². The third-order valence-corrected chi connectivity index (χ3v) is 2.48. The van der Waals surface area contributed by atoms with E-state index in [1.54, 1.807) is 0 Å². The van der Waals surface area contributed by atoms with Gasteiger partial charge in [-0.05, 0) is 12.8 Å². The standard InChI is InChI=1S/C10H13ClF3N3/c1-3-6(4-2)15-8-5-7(11)16-9(17-8)10(12,13)14/h5-6H,3-4H2,1-2H3,(H,15,16,17). The molecular formula is C10H13ClF3N3. The molecule has 1 rings (SSSR count). The Bertz CT molecular complexity index is 378. The van der Waals surface area contributed by atoms with E-state index in [0.29, 0.717) is 0 Å². The second-order valence-electron chi connectivity index (χ2n) is 3.56. The first-order chi connectivity index (χ1) is 7.86. The third kappa shape index (κ3) is 4.03. The van der Waals surface area contributed by atoms with Crippen LogP contribution in [-0.2, 0) is 6.18 Å². The van der Waals surface area contributed by atoms with Crippen molar-refractivity contribution in [1.82, 2.24) is 9.97 Å². The summed E-state index contributed by atoms with van der Waals surface area (Å²) in [5.41, 5.74) is 0. The fourth-order valence-corrected chi connectivity index (χ4v) is 1.50. The van der Waals surface area contributed by atoms with Crippen LogP contribution in [0, 0.1) is 0 Å². The summed E-state index contributed by atoms with van der Waals surface area (Å²) in [6.07, 6.45) is -3.01. The zero-order valence-electron chi connectivity index (χ0n) is 9.48. The number of halogens is 4. The Morgan fingerprint density at radius 1 is 1.29 bits per heavy atom. The second kappa shape index (κ2) is 5.53. The molecule has 0 aromatic carbocycles. The summed E-state index contributed by atoms with van der Waals surface area (Å²) in [5.74, 6) is -1.12. The van der Waals surface area contributed by atoms with E-state index in [1.165, 1.54) is 6.07 Å². The lowest BCUT2D eigenvalue weighted by Crippen LogP contribution is -2.20. The minimum Gasteiger partial charge on any atom is -0.367 e. The molecule has 7 heteroatoms. The maximum atomic E-state index is 12.4. The Morgan fingerprint density at radius 3 is 2.35 bits per heavy atom. The van der Waals surface area contributed by atoms with E-state index in [1.807, 2.05) is 13.8 Å². The molecule has 1 aromatic heterocycles. The number of nitrogens with one attached hydrogen (secondary N) is 1.